The number of carbonyl (C=O) groups is 1. The molecule has 2 heterocycles. The van der Waals surface area contributed by atoms with E-state index in [-0.39, 0.29) is 24.8 Å². The molecule has 0 aliphatic carbocycles. The molecule has 0 amide bonds. The Hall–Kier alpha value is -0.730. The Kier molecular flexibility index (Phi) is 4.98. The minimum Gasteiger partial charge on any atom is -0.463 e. The first-order valence-electron chi connectivity index (χ1n) is 6.68. The van der Waals surface area contributed by atoms with Crippen molar-refractivity contribution in [2.24, 2.45) is 0 Å². The first-order valence-corrected chi connectivity index (χ1v) is 6.68. The first-order chi connectivity index (χ1) is 9.43. The molecule has 0 N–H and O–H groups in total. The van der Waals surface area contributed by atoms with Crippen molar-refractivity contribution in [3.05, 3.63) is 0 Å². The van der Waals surface area contributed by atoms with Crippen LogP contribution in [0.1, 0.15) is 20.8 Å². The van der Waals surface area contributed by atoms with Crippen molar-refractivity contribution >= 4 is 5.97 Å². The number of hydrogen-bond donors (Lipinski definition) is 0. The van der Waals surface area contributed by atoms with E-state index < -0.39 is 18.2 Å². The highest BCUT2D eigenvalue weighted by atomic mass is 16.8. The van der Waals surface area contributed by atoms with E-state index in [4.69, 9.17) is 28.4 Å². The van der Waals surface area contributed by atoms with Gasteiger partial charge in [0.25, 0.3) is 0 Å². The van der Waals surface area contributed by atoms with Gasteiger partial charge in [-0.1, -0.05) is 0 Å². The molecule has 0 aromatic carbocycles. The summed E-state index contributed by atoms with van der Waals surface area (Å²) in [6, 6.07) is 0. The van der Waals surface area contributed by atoms with Gasteiger partial charge >= 0.3 is 5.97 Å². The normalized spacial score (nSPS) is 35.0. The largest absolute Gasteiger partial charge is 0.463 e. The van der Waals surface area contributed by atoms with E-state index in [1.165, 1.54) is 6.92 Å². The molecule has 0 aromatic heterocycles. The van der Waals surface area contributed by atoms with Gasteiger partial charge in [-0.2, -0.15) is 0 Å². The van der Waals surface area contributed by atoms with Gasteiger partial charge < -0.3 is 28.4 Å². The molecule has 2 rings (SSSR count). The predicted octanol–water partition coefficient (Wildman–Crippen LogP) is 0.457. The third-order valence-corrected chi connectivity index (χ3v) is 3.14. The molecule has 2 fully saturated rings. The van der Waals surface area contributed by atoms with Crippen LogP contribution in [0.15, 0.2) is 0 Å². The van der Waals surface area contributed by atoms with E-state index in [2.05, 4.69) is 0 Å². The molecule has 0 spiro atoms. The summed E-state index contributed by atoms with van der Waals surface area (Å²) in [5.41, 5.74) is 0. The molecule has 7 heteroatoms. The lowest BCUT2D eigenvalue weighted by Gasteiger charge is -2.25. The predicted molar refractivity (Wildman–Crippen MR) is 66.9 cm³/mol. The summed E-state index contributed by atoms with van der Waals surface area (Å²) in [6.45, 7) is 6.00. The van der Waals surface area contributed by atoms with Crippen LogP contribution in [-0.2, 0) is 33.2 Å². The molecular weight excluding hydrogens is 268 g/mol. The van der Waals surface area contributed by atoms with Crippen LogP contribution in [0.2, 0.25) is 0 Å². The zero-order valence-corrected chi connectivity index (χ0v) is 12.3. The highest BCUT2D eigenvalue weighted by Gasteiger charge is 2.55. The Morgan fingerprint density at radius 2 is 2.00 bits per heavy atom. The lowest BCUT2D eigenvalue weighted by Crippen LogP contribution is -2.39. The zero-order chi connectivity index (χ0) is 14.8. The van der Waals surface area contributed by atoms with Crippen LogP contribution in [0, 0.1) is 0 Å². The Bertz CT molecular complexity index is 344. The lowest BCUT2D eigenvalue weighted by atomic mass is 10.1. The van der Waals surface area contributed by atoms with E-state index in [9.17, 15) is 4.79 Å². The van der Waals surface area contributed by atoms with Gasteiger partial charge in [0.2, 0.25) is 0 Å². The molecule has 4 atom stereocenters. The second-order valence-corrected chi connectivity index (χ2v) is 5.27. The van der Waals surface area contributed by atoms with Crippen LogP contribution in [0.25, 0.3) is 0 Å². The summed E-state index contributed by atoms with van der Waals surface area (Å²) < 4.78 is 32.9. The number of methoxy groups -OCH3 is 1. The Labute approximate surface area is 118 Å². The van der Waals surface area contributed by atoms with Crippen LogP contribution in [0.5, 0.6) is 0 Å². The van der Waals surface area contributed by atoms with E-state index in [0.717, 1.165) is 0 Å². The second kappa shape index (κ2) is 6.36. The number of ether oxygens (including phenoxy) is 6. The summed E-state index contributed by atoms with van der Waals surface area (Å²) in [6.07, 6.45) is -1.58. The van der Waals surface area contributed by atoms with Gasteiger partial charge in [0, 0.05) is 14.0 Å². The maximum Gasteiger partial charge on any atom is 0.302 e. The van der Waals surface area contributed by atoms with E-state index in [0.29, 0.717) is 13.2 Å². The van der Waals surface area contributed by atoms with Crippen LogP contribution < -0.4 is 0 Å². The maximum atomic E-state index is 10.9. The number of carbonyl (C=O) groups excluding carboxylic acids is 1. The van der Waals surface area contributed by atoms with E-state index >= 15 is 0 Å². The standard InChI is InChI=1S/C13H22O7/c1-8(14)17-7-9-10(16-6-5-15-4)11-12(18-9)20-13(2,3)19-11/h9-12H,5-7H2,1-4H3/t9-,10+,11-,12-/m1/s1. The molecule has 0 aromatic rings. The molecule has 7 nitrogen and oxygen atoms in total. The summed E-state index contributed by atoms with van der Waals surface area (Å²) in [7, 11) is 1.60. The van der Waals surface area contributed by atoms with Crippen LogP contribution in [0.4, 0.5) is 0 Å². The van der Waals surface area contributed by atoms with Crippen LogP contribution in [0.3, 0.4) is 0 Å². The maximum absolute atomic E-state index is 10.9. The highest BCUT2D eigenvalue weighted by molar-refractivity contribution is 5.65. The lowest BCUT2D eigenvalue weighted by molar-refractivity contribution is -0.224. The Morgan fingerprint density at radius 3 is 2.65 bits per heavy atom. The highest BCUT2D eigenvalue weighted by Crippen LogP contribution is 2.38. The van der Waals surface area contributed by atoms with Crippen molar-refractivity contribution in [3.63, 3.8) is 0 Å². The molecule has 0 bridgehead atoms. The minimum atomic E-state index is -0.704. The number of hydrogen-bond acceptors (Lipinski definition) is 7. The molecule has 0 unspecified atom stereocenters. The van der Waals surface area contributed by atoms with Gasteiger partial charge in [0.15, 0.2) is 12.1 Å². The van der Waals surface area contributed by atoms with Crippen molar-refractivity contribution in [2.45, 2.75) is 51.2 Å². The first kappa shape index (κ1) is 15.7. The second-order valence-electron chi connectivity index (χ2n) is 5.27. The van der Waals surface area contributed by atoms with Crippen molar-refractivity contribution < 1.29 is 33.2 Å². The third kappa shape index (κ3) is 3.67. The fraction of sp³-hybridized carbons (Fsp3) is 0.923. The Balaban J connectivity index is 1.96. The SMILES string of the molecule is COCCO[C@@H]1[C@H]2OC(C)(C)O[C@H]2O[C@@H]1COC(C)=O. The van der Waals surface area contributed by atoms with E-state index in [1.54, 1.807) is 7.11 Å². The van der Waals surface area contributed by atoms with Crippen molar-refractivity contribution in [1.29, 1.82) is 0 Å². The minimum absolute atomic E-state index is 0.118. The average Bonchev–Trinajstić information content (AvgIpc) is 2.80. The molecular formula is C13H22O7. The molecule has 2 saturated heterocycles. The monoisotopic (exact) mass is 290 g/mol. The summed E-state index contributed by atoms with van der Waals surface area (Å²) >= 11 is 0. The molecule has 0 saturated carbocycles. The third-order valence-electron chi connectivity index (χ3n) is 3.14. The summed E-state index contributed by atoms with van der Waals surface area (Å²) in [5.74, 6) is -1.06. The number of fused-ring (bicyclic) bond motifs is 1. The topological polar surface area (TPSA) is 72.5 Å². The fourth-order valence-corrected chi connectivity index (χ4v) is 2.35. The van der Waals surface area contributed by atoms with Crippen LogP contribution in [-0.4, -0.2) is 63.3 Å². The quantitative estimate of drug-likeness (QED) is 0.519. The number of rotatable bonds is 6. The molecule has 2 aliphatic rings. The van der Waals surface area contributed by atoms with Gasteiger partial charge in [-0.15, -0.1) is 0 Å². The van der Waals surface area contributed by atoms with Crippen molar-refractivity contribution in [3.8, 4) is 0 Å². The van der Waals surface area contributed by atoms with Crippen molar-refractivity contribution in [1.82, 2.24) is 0 Å². The summed E-state index contributed by atoms with van der Waals surface area (Å²) in [4.78, 5) is 10.9. The van der Waals surface area contributed by atoms with E-state index in [1.807, 2.05) is 13.8 Å². The van der Waals surface area contributed by atoms with Crippen LogP contribution >= 0.6 is 0 Å². The smallest absolute Gasteiger partial charge is 0.302 e. The molecule has 116 valence electrons. The number of esters is 1. The van der Waals surface area contributed by atoms with Gasteiger partial charge in [0.05, 0.1) is 13.2 Å². The fourth-order valence-electron chi connectivity index (χ4n) is 2.35. The van der Waals surface area contributed by atoms with Gasteiger partial charge in [0.1, 0.15) is 24.9 Å². The zero-order valence-electron chi connectivity index (χ0n) is 12.3. The van der Waals surface area contributed by atoms with Gasteiger partial charge in [-0.3, -0.25) is 4.79 Å². The van der Waals surface area contributed by atoms with Gasteiger partial charge in [-0.25, -0.2) is 0 Å². The average molecular weight is 290 g/mol. The van der Waals surface area contributed by atoms with Gasteiger partial charge in [-0.05, 0) is 13.8 Å². The Morgan fingerprint density at radius 1 is 1.25 bits per heavy atom. The molecule has 20 heavy (non-hydrogen) atoms. The summed E-state index contributed by atoms with van der Waals surface area (Å²) in [5, 5.41) is 0. The molecule has 0 radical (unpaired) electrons. The molecule has 2 aliphatic heterocycles. The van der Waals surface area contributed by atoms with Crippen molar-refractivity contribution in [2.75, 3.05) is 26.9 Å².